The fourth-order valence-corrected chi connectivity index (χ4v) is 1.46. The molecule has 0 fully saturated rings. The van der Waals surface area contributed by atoms with E-state index in [4.69, 9.17) is 4.74 Å². The molecule has 0 saturated carbocycles. The first kappa shape index (κ1) is 10.6. The van der Waals surface area contributed by atoms with Crippen molar-refractivity contribution in [3.8, 4) is 0 Å². The van der Waals surface area contributed by atoms with Gasteiger partial charge in [0.1, 0.15) is 0 Å². The minimum atomic E-state index is -0.199. The molecular weight excluding hydrogens is 206 g/mol. The summed E-state index contributed by atoms with van der Waals surface area (Å²) >= 11 is 0. The number of esters is 1. The SMILES string of the molecule is CCOC(=O)CCn1cc2cccnc2n1. The van der Waals surface area contributed by atoms with Crippen molar-refractivity contribution in [2.24, 2.45) is 0 Å². The summed E-state index contributed by atoms with van der Waals surface area (Å²) in [6.07, 6.45) is 3.91. The third-order valence-corrected chi connectivity index (χ3v) is 2.18. The summed E-state index contributed by atoms with van der Waals surface area (Å²) in [6, 6.07) is 3.80. The number of carbonyl (C=O) groups is 1. The maximum atomic E-state index is 11.2. The zero-order valence-electron chi connectivity index (χ0n) is 9.09. The second-order valence-electron chi connectivity index (χ2n) is 3.36. The molecule has 0 spiro atoms. The average molecular weight is 219 g/mol. The van der Waals surface area contributed by atoms with E-state index in [9.17, 15) is 4.79 Å². The van der Waals surface area contributed by atoms with E-state index in [-0.39, 0.29) is 5.97 Å². The number of ether oxygens (including phenoxy) is 1. The molecule has 0 atom stereocenters. The first-order valence-electron chi connectivity index (χ1n) is 5.23. The minimum absolute atomic E-state index is 0.199. The zero-order valence-corrected chi connectivity index (χ0v) is 9.09. The van der Waals surface area contributed by atoms with Crippen LogP contribution in [0.5, 0.6) is 0 Å². The van der Waals surface area contributed by atoms with Crippen molar-refractivity contribution in [1.29, 1.82) is 0 Å². The summed E-state index contributed by atoms with van der Waals surface area (Å²) in [4.78, 5) is 15.3. The number of nitrogens with zero attached hydrogens (tertiary/aromatic N) is 3. The van der Waals surface area contributed by atoms with Crippen LogP contribution >= 0.6 is 0 Å². The molecule has 2 aromatic heterocycles. The van der Waals surface area contributed by atoms with E-state index in [1.54, 1.807) is 17.8 Å². The van der Waals surface area contributed by atoms with Crippen molar-refractivity contribution in [3.63, 3.8) is 0 Å². The lowest BCUT2D eigenvalue weighted by atomic mass is 10.4. The van der Waals surface area contributed by atoms with Crippen LogP contribution in [0.2, 0.25) is 0 Å². The molecule has 0 amide bonds. The molecule has 0 aliphatic rings. The van der Waals surface area contributed by atoms with Crippen molar-refractivity contribution in [1.82, 2.24) is 14.8 Å². The van der Waals surface area contributed by atoms with Gasteiger partial charge in [-0.2, -0.15) is 5.10 Å². The number of hydrogen-bond donors (Lipinski definition) is 0. The molecule has 0 aliphatic heterocycles. The molecular formula is C11H13N3O2. The number of pyridine rings is 1. The lowest BCUT2D eigenvalue weighted by Gasteiger charge is -2.01. The molecule has 5 nitrogen and oxygen atoms in total. The van der Waals surface area contributed by atoms with Gasteiger partial charge < -0.3 is 4.74 Å². The number of hydrogen-bond acceptors (Lipinski definition) is 4. The Labute approximate surface area is 93.0 Å². The smallest absolute Gasteiger partial charge is 0.307 e. The largest absolute Gasteiger partial charge is 0.466 e. The number of rotatable bonds is 4. The van der Waals surface area contributed by atoms with E-state index in [0.29, 0.717) is 25.2 Å². The fraction of sp³-hybridized carbons (Fsp3) is 0.364. The quantitative estimate of drug-likeness (QED) is 0.729. The summed E-state index contributed by atoms with van der Waals surface area (Å²) in [5.41, 5.74) is 0.700. The van der Waals surface area contributed by atoms with Crippen LogP contribution in [0.3, 0.4) is 0 Å². The van der Waals surface area contributed by atoms with Crippen LogP contribution in [-0.4, -0.2) is 27.3 Å². The van der Waals surface area contributed by atoms with Crippen LogP contribution in [0.4, 0.5) is 0 Å². The zero-order chi connectivity index (χ0) is 11.4. The number of aromatic nitrogens is 3. The summed E-state index contributed by atoms with van der Waals surface area (Å²) in [6.45, 7) is 2.74. The monoisotopic (exact) mass is 219 g/mol. The van der Waals surface area contributed by atoms with Crippen LogP contribution in [0.25, 0.3) is 11.0 Å². The molecule has 0 N–H and O–H groups in total. The Morgan fingerprint density at radius 1 is 1.56 bits per heavy atom. The Balaban J connectivity index is 2.02. The first-order chi connectivity index (χ1) is 7.79. The summed E-state index contributed by atoms with van der Waals surface area (Å²) in [7, 11) is 0. The lowest BCUT2D eigenvalue weighted by Crippen LogP contribution is -2.09. The van der Waals surface area contributed by atoms with E-state index in [1.807, 2.05) is 18.3 Å². The maximum Gasteiger partial charge on any atom is 0.307 e. The Kier molecular flexibility index (Phi) is 3.14. The number of aryl methyl sites for hydroxylation is 1. The van der Waals surface area contributed by atoms with Crippen molar-refractivity contribution in [2.45, 2.75) is 19.9 Å². The third kappa shape index (κ3) is 2.36. The van der Waals surface area contributed by atoms with Gasteiger partial charge in [-0.3, -0.25) is 9.48 Å². The normalized spacial score (nSPS) is 10.6. The van der Waals surface area contributed by atoms with Gasteiger partial charge in [-0.1, -0.05) is 0 Å². The second-order valence-corrected chi connectivity index (χ2v) is 3.36. The minimum Gasteiger partial charge on any atom is -0.466 e. The van der Waals surface area contributed by atoms with Crippen LogP contribution in [-0.2, 0) is 16.1 Å². The van der Waals surface area contributed by atoms with Crippen molar-refractivity contribution < 1.29 is 9.53 Å². The molecule has 5 heteroatoms. The summed E-state index contributed by atoms with van der Waals surface area (Å²) in [5.74, 6) is -0.199. The lowest BCUT2D eigenvalue weighted by molar-refractivity contribution is -0.143. The second kappa shape index (κ2) is 4.74. The molecule has 2 aromatic rings. The van der Waals surface area contributed by atoms with Gasteiger partial charge in [-0.25, -0.2) is 4.98 Å². The molecule has 0 saturated heterocycles. The summed E-state index contributed by atoms with van der Waals surface area (Å²) in [5, 5.41) is 5.22. The van der Waals surface area contributed by atoms with E-state index in [2.05, 4.69) is 10.1 Å². The molecule has 84 valence electrons. The van der Waals surface area contributed by atoms with E-state index >= 15 is 0 Å². The van der Waals surface area contributed by atoms with Crippen LogP contribution in [0, 0.1) is 0 Å². The van der Waals surface area contributed by atoms with Crippen molar-refractivity contribution >= 4 is 17.0 Å². The Bertz CT molecular complexity index is 460. The van der Waals surface area contributed by atoms with Crippen LogP contribution < -0.4 is 0 Å². The standard InChI is InChI=1S/C11H13N3O2/c1-2-16-10(15)5-7-14-8-9-4-3-6-12-11(9)13-14/h3-4,6,8H,2,5,7H2,1H3. The highest BCUT2D eigenvalue weighted by Gasteiger charge is 2.04. The summed E-state index contributed by atoms with van der Waals surface area (Å²) < 4.78 is 6.56. The molecule has 0 aromatic carbocycles. The molecule has 2 heterocycles. The fourth-order valence-electron chi connectivity index (χ4n) is 1.46. The first-order valence-corrected chi connectivity index (χ1v) is 5.23. The maximum absolute atomic E-state index is 11.2. The Hall–Kier alpha value is -1.91. The van der Waals surface area contributed by atoms with Crippen molar-refractivity contribution in [3.05, 3.63) is 24.5 Å². The van der Waals surface area contributed by atoms with E-state index in [1.165, 1.54) is 0 Å². The molecule has 0 bridgehead atoms. The number of fused-ring (bicyclic) bond motifs is 1. The van der Waals surface area contributed by atoms with Gasteiger partial charge in [0.05, 0.1) is 19.6 Å². The van der Waals surface area contributed by atoms with E-state index in [0.717, 1.165) is 5.39 Å². The van der Waals surface area contributed by atoms with Crippen LogP contribution in [0.15, 0.2) is 24.5 Å². The van der Waals surface area contributed by atoms with Gasteiger partial charge in [-0.05, 0) is 19.1 Å². The Morgan fingerprint density at radius 2 is 2.44 bits per heavy atom. The highest BCUT2D eigenvalue weighted by Crippen LogP contribution is 2.08. The van der Waals surface area contributed by atoms with Gasteiger partial charge in [0.2, 0.25) is 0 Å². The molecule has 2 rings (SSSR count). The highest BCUT2D eigenvalue weighted by atomic mass is 16.5. The van der Waals surface area contributed by atoms with Crippen molar-refractivity contribution in [2.75, 3.05) is 6.61 Å². The van der Waals surface area contributed by atoms with Gasteiger partial charge in [0.15, 0.2) is 5.65 Å². The van der Waals surface area contributed by atoms with Gasteiger partial charge >= 0.3 is 5.97 Å². The molecule has 0 radical (unpaired) electrons. The topological polar surface area (TPSA) is 57.0 Å². The molecule has 0 unspecified atom stereocenters. The highest BCUT2D eigenvalue weighted by molar-refractivity contribution is 5.73. The predicted octanol–water partition coefficient (Wildman–Crippen LogP) is 1.38. The predicted molar refractivity (Wildman–Crippen MR) is 58.8 cm³/mol. The molecule has 16 heavy (non-hydrogen) atoms. The Morgan fingerprint density at radius 3 is 3.19 bits per heavy atom. The van der Waals surface area contributed by atoms with Gasteiger partial charge in [0.25, 0.3) is 0 Å². The molecule has 0 aliphatic carbocycles. The van der Waals surface area contributed by atoms with E-state index < -0.39 is 0 Å². The number of carbonyl (C=O) groups excluding carboxylic acids is 1. The third-order valence-electron chi connectivity index (χ3n) is 2.18. The average Bonchev–Trinajstić information content (AvgIpc) is 2.69. The van der Waals surface area contributed by atoms with Gasteiger partial charge in [-0.15, -0.1) is 0 Å². The van der Waals surface area contributed by atoms with Gasteiger partial charge in [0, 0.05) is 17.8 Å². The van der Waals surface area contributed by atoms with Crippen LogP contribution in [0.1, 0.15) is 13.3 Å².